The maximum Gasteiger partial charge on any atom is 0.323 e. The van der Waals surface area contributed by atoms with Crippen LogP contribution in [0.5, 0.6) is 11.5 Å². The van der Waals surface area contributed by atoms with Crippen molar-refractivity contribution in [2.45, 2.75) is 0 Å². The molecule has 2 amide bonds. The van der Waals surface area contributed by atoms with Gasteiger partial charge in [0.2, 0.25) is 0 Å². The van der Waals surface area contributed by atoms with Crippen LogP contribution in [0.2, 0.25) is 10.0 Å². The maximum absolute atomic E-state index is 12.6. The number of carbonyl (C=O) groups is 1. The lowest BCUT2D eigenvalue weighted by Crippen LogP contribution is -2.19. The fourth-order valence-corrected chi connectivity index (χ4v) is 6.12. The van der Waals surface area contributed by atoms with Crippen LogP contribution in [0.25, 0.3) is 43.8 Å². The van der Waals surface area contributed by atoms with Gasteiger partial charge >= 0.3 is 6.03 Å². The Hall–Kier alpha value is -6.67. The minimum absolute atomic E-state index is 0.105. The average Bonchev–Trinajstić information content (AvgIpc) is 3.19. The van der Waals surface area contributed by atoms with Crippen LogP contribution in [0, 0.1) is 0 Å². The number of phenols is 2. The van der Waals surface area contributed by atoms with Crippen LogP contribution in [0.1, 0.15) is 0 Å². The fraction of sp³-hybridized carbons (Fsp3) is 0. The first-order chi connectivity index (χ1) is 26.1. The zero-order valence-corrected chi connectivity index (χ0v) is 30.4. The second kappa shape index (κ2) is 17.2. The molecule has 7 nitrogen and oxygen atoms in total. The molecule has 54 heavy (non-hydrogen) atoms. The lowest BCUT2D eigenvalue weighted by molar-refractivity contribution is 0.262. The first-order valence-electron chi connectivity index (χ1n) is 16.9. The molecule has 0 spiro atoms. The number of amides is 2. The summed E-state index contributed by atoms with van der Waals surface area (Å²) >= 11 is 12.1. The number of aromatic hydroxyl groups is 2. The molecule has 0 saturated carbocycles. The maximum atomic E-state index is 12.6. The highest BCUT2D eigenvalue weighted by Crippen LogP contribution is 2.34. The summed E-state index contributed by atoms with van der Waals surface area (Å²) in [6.45, 7) is 0. The molecule has 9 heteroatoms. The number of nitrogens with two attached hydrogens (primary N) is 2. The van der Waals surface area contributed by atoms with Gasteiger partial charge in [-0.05, 0) is 93.7 Å². The van der Waals surface area contributed by atoms with E-state index < -0.39 is 6.03 Å². The van der Waals surface area contributed by atoms with E-state index >= 15 is 0 Å². The van der Waals surface area contributed by atoms with Crippen molar-refractivity contribution in [3.05, 3.63) is 180 Å². The summed E-state index contributed by atoms with van der Waals surface area (Å²) in [4.78, 5) is 12.6. The summed E-state index contributed by atoms with van der Waals surface area (Å²) in [5, 5.41) is 28.9. The molecule has 8 aromatic carbocycles. The predicted molar refractivity (Wildman–Crippen MR) is 226 cm³/mol. The molecule has 8 N–H and O–H groups in total. The number of carbonyl (C=O) groups excluding carboxylic acids is 1. The lowest BCUT2D eigenvalue weighted by Gasteiger charge is -2.13. The highest BCUT2D eigenvalue weighted by atomic mass is 35.5. The summed E-state index contributed by atoms with van der Waals surface area (Å²) < 4.78 is 0. The first-order valence-corrected chi connectivity index (χ1v) is 17.6. The zero-order chi connectivity index (χ0) is 38.0. The third-order valence-corrected chi connectivity index (χ3v) is 9.05. The molecule has 268 valence electrons. The summed E-state index contributed by atoms with van der Waals surface area (Å²) in [6.07, 6.45) is 0. The minimum Gasteiger partial charge on any atom is -0.508 e. The number of anilines is 4. The molecule has 0 bridgehead atoms. The van der Waals surface area contributed by atoms with Gasteiger partial charge in [-0.3, -0.25) is 0 Å². The fourth-order valence-electron chi connectivity index (χ4n) is 5.74. The number of hydrogen-bond acceptors (Lipinski definition) is 5. The van der Waals surface area contributed by atoms with Gasteiger partial charge in [-0.15, -0.1) is 0 Å². The quantitative estimate of drug-likeness (QED) is 0.0996. The van der Waals surface area contributed by atoms with Crippen molar-refractivity contribution in [1.82, 2.24) is 0 Å². The van der Waals surface area contributed by atoms with Gasteiger partial charge in [0.05, 0.1) is 21.4 Å². The van der Waals surface area contributed by atoms with E-state index in [-0.39, 0.29) is 11.5 Å². The number of fused-ring (bicyclic) bond motifs is 2. The van der Waals surface area contributed by atoms with Gasteiger partial charge in [0.25, 0.3) is 0 Å². The Bertz CT molecular complexity index is 2540. The topological polar surface area (TPSA) is 134 Å². The summed E-state index contributed by atoms with van der Waals surface area (Å²) in [5.41, 5.74) is 18.3. The number of hydrogen-bond donors (Lipinski definition) is 6. The zero-order valence-electron chi connectivity index (χ0n) is 28.9. The second-order valence-electron chi connectivity index (χ2n) is 12.2. The van der Waals surface area contributed by atoms with Crippen molar-refractivity contribution in [2.75, 3.05) is 22.1 Å². The van der Waals surface area contributed by atoms with Crippen LogP contribution in [0.3, 0.4) is 0 Å². The molecule has 8 rings (SSSR count). The average molecular weight is 752 g/mol. The molecule has 0 saturated heterocycles. The van der Waals surface area contributed by atoms with Gasteiger partial charge < -0.3 is 32.3 Å². The molecule has 0 aliphatic heterocycles. The van der Waals surface area contributed by atoms with Crippen molar-refractivity contribution in [3.63, 3.8) is 0 Å². The van der Waals surface area contributed by atoms with Gasteiger partial charge in [-0.1, -0.05) is 132 Å². The van der Waals surface area contributed by atoms with Crippen molar-refractivity contribution in [1.29, 1.82) is 0 Å². The molecule has 8 aromatic rings. The number of benzene rings is 8. The highest BCUT2D eigenvalue weighted by Gasteiger charge is 2.12. The summed E-state index contributed by atoms with van der Waals surface area (Å²) in [7, 11) is 0. The van der Waals surface area contributed by atoms with Gasteiger partial charge in [-0.25, -0.2) is 4.79 Å². The van der Waals surface area contributed by atoms with Gasteiger partial charge in [0.15, 0.2) is 0 Å². The van der Waals surface area contributed by atoms with Crippen LogP contribution < -0.4 is 22.1 Å². The van der Waals surface area contributed by atoms with Gasteiger partial charge in [0.1, 0.15) is 11.5 Å². The molecular weight excluding hydrogens is 715 g/mol. The largest absolute Gasteiger partial charge is 0.508 e. The summed E-state index contributed by atoms with van der Waals surface area (Å²) in [5.74, 6) is 0.301. The Labute approximate surface area is 323 Å². The number of nitrogen functional groups attached to an aromatic ring is 2. The Morgan fingerprint density at radius 1 is 0.481 bits per heavy atom. The molecule has 0 atom stereocenters. The standard InChI is InChI=1S/C23H17ClN2O2.C12H11N.C10H8ClNO/c24-21-12-10-16-9-11-19(27)14-20(16)22(21)26-23(28)25-18-8-4-7-17(13-18)15-5-2-1-3-6-15;13-12-8-4-7-11(9-12)10-5-2-1-3-6-10;11-9-4-2-6-1-3-7(13)5-8(6)10(9)12/h1-14,27H,(H2,25,26,28);1-9H,13H2;1-5,13H,12H2. The third kappa shape index (κ3) is 9.40. The van der Waals surface area contributed by atoms with E-state index in [1.807, 2.05) is 103 Å². The Balaban J connectivity index is 0.000000158. The Kier molecular flexibility index (Phi) is 11.8. The van der Waals surface area contributed by atoms with Crippen LogP contribution in [-0.2, 0) is 0 Å². The van der Waals surface area contributed by atoms with Crippen molar-refractivity contribution < 1.29 is 15.0 Å². The van der Waals surface area contributed by atoms with Crippen molar-refractivity contribution in [2.24, 2.45) is 0 Å². The van der Waals surface area contributed by atoms with Crippen LogP contribution in [0.15, 0.2) is 170 Å². The number of nitrogens with one attached hydrogen (secondary N) is 2. The van der Waals surface area contributed by atoms with Gasteiger partial charge in [-0.2, -0.15) is 0 Å². The molecule has 0 aromatic heterocycles. The van der Waals surface area contributed by atoms with Crippen LogP contribution in [0.4, 0.5) is 27.5 Å². The monoisotopic (exact) mass is 750 g/mol. The molecular formula is C45H36Cl2N4O3. The second-order valence-corrected chi connectivity index (χ2v) is 13.0. The van der Waals surface area contributed by atoms with Crippen LogP contribution >= 0.6 is 23.2 Å². The number of rotatable bonds is 4. The van der Waals surface area contributed by atoms with E-state index in [1.165, 1.54) is 11.1 Å². The van der Waals surface area contributed by atoms with Gasteiger partial charge in [0, 0.05) is 22.1 Å². The molecule has 0 unspecified atom stereocenters. The lowest BCUT2D eigenvalue weighted by atomic mass is 10.1. The molecule has 0 aliphatic carbocycles. The van der Waals surface area contributed by atoms with E-state index in [0.29, 0.717) is 32.5 Å². The summed E-state index contributed by atoms with van der Waals surface area (Å²) in [6, 6.07) is 52.4. The minimum atomic E-state index is -0.414. The Morgan fingerprint density at radius 2 is 0.981 bits per heavy atom. The molecule has 0 heterocycles. The van der Waals surface area contributed by atoms with E-state index in [0.717, 1.165) is 33.0 Å². The van der Waals surface area contributed by atoms with Crippen molar-refractivity contribution >= 4 is 73.5 Å². The van der Waals surface area contributed by atoms with Crippen molar-refractivity contribution in [3.8, 4) is 33.8 Å². The van der Waals surface area contributed by atoms with E-state index in [9.17, 15) is 15.0 Å². The predicted octanol–water partition coefficient (Wildman–Crippen LogP) is 12.2. The van der Waals surface area contributed by atoms with E-state index in [2.05, 4.69) is 28.8 Å². The first kappa shape index (κ1) is 37.1. The van der Waals surface area contributed by atoms with E-state index in [4.69, 9.17) is 34.7 Å². The third-order valence-electron chi connectivity index (χ3n) is 8.41. The SMILES string of the molecule is Nc1c(Cl)ccc2ccc(O)cc12.Nc1cccc(-c2ccccc2)c1.O=C(Nc1cccc(-c2ccccc2)c1)Nc1c(Cl)ccc2ccc(O)cc12. The van der Waals surface area contributed by atoms with E-state index in [1.54, 1.807) is 48.5 Å². The Morgan fingerprint density at radius 3 is 1.59 bits per heavy atom. The normalized spacial score (nSPS) is 10.4. The molecule has 0 fully saturated rings. The number of urea groups is 1. The number of phenolic OH excluding ortho intramolecular Hbond substituents is 2. The molecule has 0 radical (unpaired) electrons. The molecule has 0 aliphatic rings. The highest BCUT2D eigenvalue weighted by molar-refractivity contribution is 6.36. The smallest absolute Gasteiger partial charge is 0.323 e. The van der Waals surface area contributed by atoms with Crippen LogP contribution in [-0.4, -0.2) is 16.2 Å². The number of halogens is 2.